The molecule has 0 unspecified atom stereocenters. The van der Waals surface area contributed by atoms with Gasteiger partial charge in [0.1, 0.15) is 11.8 Å². The number of nitriles is 1. The van der Waals surface area contributed by atoms with Crippen LogP contribution in [0.15, 0.2) is 42.5 Å². The van der Waals surface area contributed by atoms with Gasteiger partial charge in [-0.2, -0.15) is 5.26 Å². The van der Waals surface area contributed by atoms with E-state index in [1.165, 1.54) is 0 Å². The minimum atomic E-state index is 0.554. The number of nitrogens with zero attached hydrogens (tertiary/aromatic N) is 2. The molecule has 0 fully saturated rings. The quantitative estimate of drug-likeness (QED) is 0.855. The molecule has 0 saturated carbocycles. The Bertz CT molecular complexity index is 661. The first-order valence-electron chi connectivity index (χ1n) is 6.85. The number of hydrogen-bond acceptors (Lipinski definition) is 4. The van der Waals surface area contributed by atoms with Gasteiger partial charge in [0, 0.05) is 24.5 Å². The van der Waals surface area contributed by atoms with Gasteiger partial charge >= 0.3 is 0 Å². The van der Waals surface area contributed by atoms with Crippen molar-refractivity contribution in [2.24, 2.45) is 0 Å². The largest absolute Gasteiger partial charge is 0.495 e. The fraction of sp³-hybridized carbons (Fsp3) is 0.235. The lowest BCUT2D eigenvalue weighted by molar-refractivity contribution is 0.413. The summed E-state index contributed by atoms with van der Waals surface area (Å²) in [5.74, 6) is 0.605. The van der Waals surface area contributed by atoms with E-state index in [1.807, 2.05) is 42.5 Å². The molecule has 21 heavy (non-hydrogen) atoms. The normalized spacial score (nSPS) is 9.95. The number of methoxy groups -OCH3 is 1. The van der Waals surface area contributed by atoms with Crippen molar-refractivity contribution in [3.05, 3.63) is 53.6 Å². The van der Waals surface area contributed by atoms with Gasteiger partial charge in [0.25, 0.3) is 0 Å². The fourth-order valence-corrected chi connectivity index (χ4v) is 2.27. The number of ether oxygens (including phenoxy) is 1. The summed E-state index contributed by atoms with van der Waals surface area (Å²) < 4.78 is 5.17. The Morgan fingerprint density at radius 1 is 1.24 bits per heavy atom. The predicted octanol–water partition coefficient (Wildman–Crippen LogP) is 3.18. The molecule has 2 rings (SSSR count). The van der Waals surface area contributed by atoms with Crippen molar-refractivity contribution in [2.75, 3.05) is 24.3 Å². The molecule has 2 aromatic carbocycles. The molecular formula is C17H19N3O. The molecule has 108 valence electrons. The van der Waals surface area contributed by atoms with Crippen molar-refractivity contribution < 1.29 is 4.74 Å². The zero-order chi connectivity index (χ0) is 15.2. The number of anilines is 2. The highest BCUT2D eigenvalue weighted by molar-refractivity contribution is 5.56. The summed E-state index contributed by atoms with van der Waals surface area (Å²) in [4.78, 5) is 2.21. The Hall–Kier alpha value is -2.67. The molecule has 2 aromatic rings. The second-order valence-corrected chi connectivity index (χ2v) is 4.76. The summed E-state index contributed by atoms with van der Waals surface area (Å²) >= 11 is 0. The van der Waals surface area contributed by atoms with E-state index >= 15 is 0 Å². The van der Waals surface area contributed by atoms with E-state index in [0.29, 0.717) is 11.3 Å². The van der Waals surface area contributed by atoms with E-state index in [1.54, 1.807) is 7.11 Å². The van der Waals surface area contributed by atoms with Crippen molar-refractivity contribution in [2.45, 2.75) is 13.5 Å². The lowest BCUT2D eigenvalue weighted by Crippen LogP contribution is -2.22. The second kappa shape index (κ2) is 6.67. The second-order valence-electron chi connectivity index (χ2n) is 4.76. The highest BCUT2D eigenvalue weighted by atomic mass is 16.5. The van der Waals surface area contributed by atoms with Crippen LogP contribution in [0.2, 0.25) is 0 Å². The maximum absolute atomic E-state index is 9.16. The van der Waals surface area contributed by atoms with Gasteiger partial charge in [-0.05, 0) is 42.8 Å². The summed E-state index contributed by atoms with van der Waals surface area (Å²) in [5, 5.41) is 9.16. The van der Waals surface area contributed by atoms with E-state index in [0.717, 1.165) is 30.0 Å². The molecule has 0 spiro atoms. The Balaban J connectivity index is 2.25. The van der Waals surface area contributed by atoms with Crippen LogP contribution in [0.4, 0.5) is 11.4 Å². The number of rotatable bonds is 5. The van der Waals surface area contributed by atoms with Crippen molar-refractivity contribution in [1.29, 1.82) is 5.26 Å². The highest BCUT2D eigenvalue weighted by Gasteiger charge is 2.08. The first kappa shape index (κ1) is 14.7. The summed E-state index contributed by atoms with van der Waals surface area (Å²) in [7, 11) is 1.57. The fourth-order valence-electron chi connectivity index (χ4n) is 2.27. The topological polar surface area (TPSA) is 62.3 Å². The van der Waals surface area contributed by atoms with Gasteiger partial charge in [0.05, 0.1) is 12.7 Å². The SMILES string of the molecule is CCN(Cc1ccc(OC)c(C#N)c1)c1cccc(N)c1. The maximum Gasteiger partial charge on any atom is 0.136 e. The van der Waals surface area contributed by atoms with Gasteiger partial charge < -0.3 is 15.4 Å². The van der Waals surface area contributed by atoms with E-state index in [2.05, 4.69) is 17.9 Å². The lowest BCUT2D eigenvalue weighted by atomic mass is 10.1. The van der Waals surface area contributed by atoms with E-state index in [-0.39, 0.29) is 0 Å². The van der Waals surface area contributed by atoms with Crippen LogP contribution in [0.5, 0.6) is 5.75 Å². The van der Waals surface area contributed by atoms with Crippen LogP contribution in [0.1, 0.15) is 18.1 Å². The van der Waals surface area contributed by atoms with Crippen LogP contribution in [0.3, 0.4) is 0 Å². The summed E-state index contributed by atoms with van der Waals surface area (Å²) in [6, 6.07) is 15.7. The molecule has 0 saturated heterocycles. The summed E-state index contributed by atoms with van der Waals surface area (Å²) in [6.45, 7) is 3.67. The van der Waals surface area contributed by atoms with Crippen LogP contribution >= 0.6 is 0 Å². The zero-order valence-electron chi connectivity index (χ0n) is 12.3. The Morgan fingerprint density at radius 3 is 2.67 bits per heavy atom. The third-order valence-electron chi connectivity index (χ3n) is 3.37. The summed E-state index contributed by atoms with van der Waals surface area (Å²) in [6.07, 6.45) is 0. The molecule has 0 radical (unpaired) electrons. The maximum atomic E-state index is 9.16. The van der Waals surface area contributed by atoms with Crippen molar-refractivity contribution >= 4 is 11.4 Å². The molecule has 0 aromatic heterocycles. The molecule has 0 atom stereocenters. The Kier molecular flexibility index (Phi) is 4.68. The Labute approximate surface area is 125 Å². The molecule has 4 nitrogen and oxygen atoms in total. The van der Waals surface area contributed by atoms with Crippen LogP contribution in [0, 0.1) is 11.3 Å². The van der Waals surface area contributed by atoms with Gasteiger partial charge in [-0.1, -0.05) is 12.1 Å². The van der Waals surface area contributed by atoms with Crippen molar-refractivity contribution in [1.82, 2.24) is 0 Å². The van der Waals surface area contributed by atoms with Gasteiger partial charge in [-0.25, -0.2) is 0 Å². The average molecular weight is 281 g/mol. The lowest BCUT2D eigenvalue weighted by Gasteiger charge is -2.23. The minimum Gasteiger partial charge on any atom is -0.495 e. The molecule has 0 heterocycles. The predicted molar refractivity (Wildman–Crippen MR) is 85.3 cm³/mol. The van der Waals surface area contributed by atoms with Crippen LogP contribution in [-0.4, -0.2) is 13.7 Å². The van der Waals surface area contributed by atoms with Gasteiger partial charge in [-0.3, -0.25) is 0 Å². The molecule has 0 aliphatic carbocycles. The van der Waals surface area contributed by atoms with E-state index in [4.69, 9.17) is 15.7 Å². The number of nitrogens with two attached hydrogens (primary N) is 1. The third kappa shape index (κ3) is 3.46. The smallest absolute Gasteiger partial charge is 0.136 e. The zero-order valence-corrected chi connectivity index (χ0v) is 12.3. The van der Waals surface area contributed by atoms with Gasteiger partial charge in [-0.15, -0.1) is 0 Å². The average Bonchev–Trinajstić information content (AvgIpc) is 2.52. The highest BCUT2D eigenvalue weighted by Crippen LogP contribution is 2.23. The molecule has 0 aliphatic heterocycles. The molecule has 0 amide bonds. The number of hydrogen-bond donors (Lipinski definition) is 1. The first-order valence-corrected chi connectivity index (χ1v) is 6.85. The first-order chi connectivity index (χ1) is 10.2. The molecule has 2 N–H and O–H groups in total. The van der Waals surface area contributed by atoms with Crippen molar-refractivity contribution in [3.63, 3.8) is 0 Å². The monoisotopic (exact) mass is 281 g/mol. The van der Waals surface area contributed by atoms with E-state index < -0.39 is 0 Å². The minimum absolute atomic E-state index is 0.554. The van der Waals surface area contributed by atoms with Gasteiger partial charge in [0.2, 0.25) is 0 Å². The number of nitrogen functional groups attached to an aromatic ring is 1. The van der Waals surface area contributed by atoms with Crippen molar-refractivity contribution in [3.8, 4) is 11.8 Å². The summed E-state index contributed by atoms with van der Waals surface area (Å²) in [5.41, 5.74) is 9.29. The molecule has 0 aliphatic rings. The third-order valence-corrected chi connectivity index (χ3v) is 3.37. The molecule has 4 heteroatoms. The molecular weight excluding hydrogens is 262 g/mol. The standard InChI is InChI=1S/C17H19N3O/c1-3-20(16-6-4-5-15(19)10-16)12-13-7-8-17(21-2)14(9-13)11-18/h4-10H,3,12,19H2,1-2H3. The van der Waals surface area contributed by atoms with Crippen LogP contribution < -0.4 is 15.4 Å². The van der Waals surface area contributed by atoms with E-state index in [9.17, 15) is 0 Å². The van der Waals surface area contributed by atoms with Gasteiger partial charge in [0.15, 0.2) is 0 Å². The van der Waals surface area contributed by atoms with Crippen LogP contribution in [-0.2, 0) is 6.54 Å². The number of benzene rings is 2. The Morgan fingerprint density at radius 2 is 2.05 bits per heavy atom. The molecule has 0 bridgehead atoms. The van der Waals surface area contributed by atoms with Crippen LogP contribution in [0.25, 0.3) is 0 Å².